The first kappa shape index (κ1) is 11.2. The van der Waals surface area contributed by atoms with Crippen LogP contribution in [0.5, 0.6) is 0 Å². The van der Waals surface area contributed by atoms with E-state index in [1.807, 2.05) is 54.6 Å². The molecule has 0 aliphatic heterocycles. The Balaban J connectivity index is 1.97. The minimum Gasteiger partial charge on any atom is -0.444 e. The third-order valence-corrected chi connectivity index (χ3v) is 3.19. The fraction of sp³-hybridized carbons (Fsp3) is 0. The highest BCUT2D eigenvalue weighted by Gasteiger charge is 2.07. The molecule has 0 unspecified atom stereocenters. The van der Waals surface area contributed by atoms with E-state index in [4.69, 9.17) is 4.42 Å². The Hall–Kier alpha value is -1.87. The van der Waals surface area contributed by atoms with Gasteiger partial charge in [-0.3, -0.25) is 0 Å². The Kier molecular flexibility index (Phi) is 2.99. The molecule has 1 heterocycles. The molecule has 88 valence electrons. The molecule has 0 amide bonds. The molecule has 0 saturated heterocycles. The summed E-state index contributed by atoms with van der Waals surface area (Å²) < 4.78 is 6.57. The van der Waals surface area contributed by atoms with Gasteiger partial charge in [0.1, 0.15) is 12.0 Å². The van der Waals surface area contributed by atoms with Crippen LogP contribution in [0.15, 0.2) is 69.8 Å². The molecule has 3 rings (SSSR count). The van der Waals surface area contributed by atoms with Crippen molar-refractivity contribution in [2.24, 2.45) is 0 Å². The molecule has 3 heteroatoms. The summed E-state index contributed by atoms with van der Waals surface area (Å²) >= 11 is 3.42. The average molecular weight is 300 g/mol. The summed E-state index contributed by atoms with van der Waals surface area (Å²) in [6.07, 6.45) is 1.69. The fourth-order valence-corrected chi connectivity index (χ4v) is 2.00. The van der Waals surface area contributed by atoms with Crippen molar-refractivity contribution in [1.29, 1.82) is 0 Å². The monoisotopic (exact) mass is 299 g/mol. The Morgan fingerprint density at radius 2 is 1.56 bits per heavy atom. The van der Waals surface area contributed by atoms with Gasteiger partial charge in [0.2, 0.25) is 5.89 Å². The number of rotatable bonds is 2. The van der Waals surface area contributed by atoms with E-state index in [0.717, 1.165) is 21.3 Å². The van der Waals surface area contributed by atoms with E-state index < -0.39 is 0 Å². The molecule has 0 atom stereocenters. The van der Waals surface area contributed by atoms with Gasteiger partial charge in [0.05, 0.1) is 0 Å². The van der Waals surface area contributed by atoms with Crippen LogP contribution >= 0.6 is 15.9 Å². The summed E-state index contributed by atoms with van der Waals surface area (Å²) in [5.74, 6) is 0.647. The number of hydrogen-bond donors (Lipinski definition) is 0. The maximum absolute atomic E-state index is 5.51. The summed E-state index contributed by atoms with van der Waals surface area (Å²) in [6, 6.07) is 17.9. The number of oxazole rings is 1. The summed E-state index contributed by atoms with van der Waals surface area (Å²) in [7, 11) is 0. The molecule has 0 aliphatic rings. The topological polar surface area (TPSA) is 26.0 Å². The summed E-state index contributed by atoms with van der Waals surface area (Å²) in [4.78, 5) is 4.50. The normalized spacial score (nSPS) is 10.5. The summed E-state index contributed by atoms with van der Waals surface area (Å²) in [5.41, 5.74) is 2.88. The highest BCUT2D eigenvalue weighted by molar-refractivity contribution is 9.10. The van der Waals surface area contributed by atoms with Crippen molar-refractivity contribution in [3.05, 3.63) is 65.3 Å². The maximum Gasteiger partial charge on any atom is 0.226 e. The maximum atomic E-state index is 5.51. The summed E-state index contributed by atoms with van der Waals surface area (Å²) in [5, 5.41) is 0. The smallest absolute Gasteiger partial charge is 0.226 e. The minimum atomic E-state index is 0.647. The van der Waals surface area contributed by atoms with Crippen LogP contribution in [-0.4, -0.2) is 4.98 Å². The van der Waals surface area contributed by atoms with Crippen molar-refractivity contribution in [3.8, 4) is 22.7 Å². The van der Waals surface area contributed by atoms with Gasteiger partial charge >= 0.3 is 0 Å². The van der Waals surface area contributed by atoms with Gasteiger partial charge in [-0.15, -0.1) is 0 Å². The zero-order valence-corrected chi connectivity index (χ0v) is 11.1. The number of aromatic nitrogens is 1. The van der Waals surface area contributed by atoms with E-state index in [9.17, 15) is 0 Å². The first-order chi connectivity index (χ1) is 8.83. The lowest BCUT2D eigenvalue weighted by molar-refractivity contribution is 0.575. The average Bonchev–Trinajstić information content (AvgIpc) is 2.90. The Bertz CT molecular complexity index is 644. The predicted molar refractivity (Wildman–Crippen MR) is 75.1 cm³/mol. The lowest BCUT2D eigenvalue weighted by Crippen LogP contribution is -1.79. The second-order valence-corrected chi connectivity index (χ2v) is 4.83. The quantitative estimate of drug-likeness (QED) is 0.681. The molecule has 2 nitrogen and oxygen atoms in total. The van der Waals surface area contributed by atoms with Crippen molar-refractivity contribution in [1.82, 2.24) is 4.98 Å². The van der Waals surface area contributed by atoms with Gasteiger partial charge in [0, 0.05) is 15.6 Å². The molecule has 3 aromatic rings. The van der Waals surface area contributed by atoms with E-state index in [1.165, 1.54) is 0 Å². The van der Waals surface area contributed by atoms with Crippen molar-refractivity contribution in [2.45, 2.75) is 0 Å². The van der Waals surface area contributed by atoms with Crippen LogP contribution in [0.4, 0.5) is 0 Å². The molecular formula is C15H10BrNO. The van der Waals surface area contributed by atoms with Crippen LogP contribution in [0.3, 0.4) is 0 Å². The zero-order chi connectivity index (χ0) is 12.4. The summed E-state index contributed by atoms with van der Waals surface area (Å²) in [6.45, 7) is 0. The molecule has 0 bridgehead atoms. The van der Waals surface area contributed by atoms with E-state index in [2.05, 4.69) is 20.9 Å². The molecule has 0 radical (unpaired) electrons. The number of hydrogen-bond acceptors (Lipinski definition) is 2. The molecule has 0 fully saturated rings. The van der Waals surface area contributed by atoms with Gasteiger partial charge in [-0.05, 0) is 24.3 Å². The van der Waals surface area contributed by atoms with E-state index in [0.29, 0.717) is 5.89 Å². The van der Waals surface area contributed by atoms with Crippen LogP contribution in [0.25, 0.3) is 22.7 Å². The van der Waals surface area contributed by atoms with Crippen molar-refractivity contribution in [2.75, 3.05) is 0 Å². The van der Waals surface area contributed by atoms with Crippen LogP contribution in [-0.2, 0) is 0 Å². The Morgan fingerprint density at radius 1 is 0.833 bits per heavy atom. The zero-order valence-electron chi connectivity index (χ0n) is 9.51. The molecule has 18 heavy (non-hydrogen) atoms. The number of halogens is 1. The van der Waals surface area contributed by atoms with Crippen LogP contribution in [0, 0.1) is 0 Å². The van der Waals surface area contributed by atoms with Crippen LogP contribution < -0.4 is 0 Å². The first-order valence-electron chi connectivity index (χ1n) is 5.60. The van der Waals surface area contributed by atoms with Gasteiger partial charge in [-0.25, -0.2) is 4.98 Å². The Morgan fingerprint density at radius 3 is 2.28 bits per heavy atom. The highest BCUT2D eigenvalue weighted by Crippen LogP contribution is 2.25. The van der Waals surface area contributed by atoms with Gasteiger partial charge in [-0.1, -0.05) is 46.3 Å². The molecule has 2 aromatic carbocycles. The lowest BCUT2D eigenvalue weighted by atomic mass is 10.2. The standard InChI is InChI=1S/C15H10BrNO/c16-13-8-6-11(7-9-13)14-10-18-15(17-14)12-4-2-1-3-5-12/h1-10H. The van der Waals surface area contributed by atoms with Crippen LogP contribution in [0.2, 0.25) is 0 Å². The van der Waals surface area contributed by atoms with E-state index in [-0.39, 0.29) is 0 Å². The number of nitrogens with zero attached hydrogens (tertiary/aromatic N) is 1. The molecule has 1 aromatic heterocycles. The second-order valence-electron chi connectivity index (χ2n) is 3.91. The predicted octanol–water partition coefficient (Wildman–Crippen LogP) is 4.77. The fourth-order valence-electron chi connectivity index (χ4n) is 1.74. The molecular weight excluding hydrogens is 290 g/mol. The Labute approximate surface area is 113 Å². The van der Waals surface area contributed by atoms with Crippen molar-refractivity contribution < 1.29 is 4.42 Å². The molecule has 0 aliphatic carbocycles. The van der Waals surface area contributed by atoms with E-state index >= 15 is 0 Å². The third-order valence-electron chi connectivity index (χ3n) is 2.66. The SMILES string of the molecule is Brc1ccc(-c2coc(-c3ccccc3)n2)cc1. The van der Waals surface area contributed by atoms with Gasteiger partial charge in [0.25, 0.3) is 0 Å². The van der Waals surface area contributed by atoms with Crippen molar-refractivity contribution >= 4 is 15.9 Å². The van der Waals surface area contributed by atoms with Crippen molar-refractivity contribution in [3.63, 3.8) is 0 Å². The molecule has 0 N–H and O–H groups in total. The largest absolute Gasteiger partial charge is 0.444 e. The second kappa shape index (κ2) is 4.78. The molecule has 0 spiro atoms. The van der Waals surface area contributed by atoms with Gasteiger partial charge in [-0.2, -0.15) is 0 Å². The van der Waals surface area contributed by atoms with E-state index in [1.54, 1.807) is 6.26 Å². The van der Waals surface area contributed by atoms with Gasteiger partial charge < -0.3 is 4.42 Å². The van der Waals surface area contributed by atoms with Crippen LogP contribution in [0.1, 0.15) is 0 Å². The lowest BCUT2D eigenvalue weighted by Gasteiger charge is -1.95. The minimum absolute atomic E-state index is 0.647. The molecule has 0 saturated carbocycles. The third kappa shape index (κ3) is 2.22. The first-order valence-corrected chi connectivity index (χ1v) is 6.39. The van der Waals surface area contributed by atoms with Gasteiger partial charge in [0.15, 0.2) is 0 Å². The highest BCUT2D eigenvalue weighted by atomic mass is 79.9. The number of benzene rings is 2.